The van der Waals surface area contributed by atoms with Crippen LogP contribution < -0.4 is 0 Å². The van der Waals surface area contributed by atoms with Crippen LogP contribution in [-0.4, -0.2) is 16.8 Å². The minimum atomic E-state index is -1.75. The van der Waals surface area contributed by atoms with Crippen molar-refractivity contribution >= 4 is 0 Å². The van der Waals surface area contributed by atoms with E-state index >= 15 is 0 Å². The summed E-state index contributed by atoms with van der Waals surface area (Å²) < 4.78 is 0. The molecule has 5 heteroatoms. The average molecular weight is 136 g/mol. The largest absolute Gasteiger partial charge is 0.396 e. The van der Waals surface area contributed by atoms with Gasteiger partial charge in [0.1, 0.15) is 0 Å². The molecule has 0 unspecified atom stereocenters. The summed E-state index contributed by atoms with van der Waals surface area (Å²) >= 11 is 0. The number of hydrogen-bond donors (Lipinski definition) is 1. The van der Waals surface area contributed by atoms with Gasteiger partial charge < -0.3 is 20.4 Å². The van der Waals surface area contributed by atoms with Crippen molar-refractivity contribution in [2.75, 3.05) is 6.61 Å². The molecule has 0 aromatic carbocycles. The molecule has 0 saturated carbocycles. The van der Waals surface area contributed by atoms with Crippen molar-refractivity contribution in [2.24, 2.45) is 0 Å². The van der Waals surface area contributed by atoms with E-state index in [1.165, 1.54) is 0 Å². The molecule has 0 amide bonds. The van der Waals surface area contributed by atoms with Gasteiger partial charge in [-0.3, -0.25) is 0 Å². The van der Waals surface area contributed by atoms with Crippen LogP contribution in [0.2, 0.25) is 0 Å². The van der Waals surface area contributed by atoms with Gasteiger partial charge >= 0.3 is 0 Å². The van der Waals surface area contributed by atoms with Gasteiger partial charge in [-0.15, -0.1) is 0 Å². The lowest BCUT2D eigenvalue weighted by Crippen LogP contribution is -1.75. The lowest BCUT2D eigenvalue weighted by Gasteiger charge is -1.79. The van der Waals surface area contributed by atoms with E-state index in [-0.39, 0.29) is 0 Å². The highest BCUT2D eigenvalue weighted by molar-refractivity contribution is 4.23. The van der Waals surface area contributed by atoms with Crippen molar-refractivity contribution in [1.29, 1.82) is 0 Å². The topological polar surface area (TPSA) is 86.4 Å². The number of hydrogen-bond acceptors (Lipinski definition) is 4. The number of rotatable bonds is 2. The molecule has 56 valence electrons. The molecular formula is C4H10NO4-. The molecule has 1 N–H and O–H groups in total. The first-order chi connectivity index (χ1) is 4.15. The van der Waals surface area contributed by atoms with Crippen LogP contribution in [0.15, 0.2) is 0 Å². The Kier molecular flexibility index (Phi) is 12.5. The Morgan fingerprint density at radius 3 is 1.89 bits per heavy atom. The maximum Gasteiger partial charge on any atom is 0.0689 e. The van der Waals surface area contributed by atoms with E-state index in [9.17, 15) is 0 Å². The number of unbranched alkanes of at least 4 members (excludes halogenated alkanes) is 1. The fraction of sp³-hybridized carbons (Fsp3) is 1.00. The van der Waals surface area contributed by atoms with E-state index in [2.05, 4.69) is 6.92 Å². The first-order valence-electron chi connectivity index (χ1n) is 2.57. The molecular weight excluding hydrogens is 126 g/mol. The summed E-state index contributed by atoms with van der Waals surface area (Å²) in [5, 5.41) is 22.8. The molecule has 0 rings (SSSR count). The summed E-state index contributed by atoms with van der Waals surface area (Å²) in [4.78, 5) is 8.25. The zero-order chi connectivity index (χ0) is 7.70. The summed E-state index contributed by atoms with van der Waals surface area (Å²) in [6.07, 6.45) is 2.04. The van der Waals surface area contributed by atoms with E-state index < -0.39 is 5.09 Å². The molecule has 9 heavy (non-hydrogen) atoms. The summed E-state index contributed by atoms with van der Waals surface area (Å²) in [6.45, 7) is 2.40. The molecule has 0 fully saturated rings. The zero-order valence-electron chi connectivity index (χ0n) is 5.24. The summed E-state index contributed by atoms with van der Waals surface area (Å²) in [5.74, 6) is 0. The SMILES string of the molecule is CCCCO.O=[N+]([O-])[O-]. The molecule has 0 heterocycles. The molecule has 0 aromatic rings. The fourth-order valence-electron chi connectivity index (χ4n) is 0.158. The second kappa shape index (κ2) is 10.2. The van der Waals surface area contributed by atoms with Gasteiger partial charge in [-0.2, -0.15) is 0 Å². The van der Waals surface area contributed by atoms with Crippen LogP contribution in [0.25, 0.3) is 0 Å². The predicted molar refractivity (Wildman–Crippen MR) is 32.4 cm³/mol. The van der Waals surface area contributed by atoms with E-state index in [1.807, 2.05) is 0 Å². The van der Waals surface area contributed by atoms with E-state index in [4.69, 9.17) is 20.4 Å². The molecule has 0 aromatic heterocycles. The van der Waals surface area contributed by atoms with Crippen molar-refractivity contribution in [2.45, 2.75) is 19.8 Å². The van der Waals surface area contributed by atoms with Gasteiger partial charge in [-0.25, -0.2) is 0 Å². The quantitative estimate of drug-likeness (QED) is 0.443. The van der Waals surface area contributed by atoms with Crippen molar-refractivity contribution < 1.29 is 10.2 Å². The van der Waals surface area contributed by atoms with Gasteiger partial charge in [0.15, 0.2) is 0 Å². The molecule has 0 bridgehead atoms. The third-order valence-corrected chi connectivity index (χ3v) is 0.512. The highest BCUT2D eigenvalue weighted by Gasteiger charge is 1.69. The molecule has 0 spiro atoms. The van der Waals surface area contributed by atoms with Gasteiger partial charge in [0.05, 0.1) is 5.09 Å². The van der Waals surface area contributed by atoms with Crippen LogP contribution >= 0.6 is 0 Å². The highest BCUT2D eigenvalue weighted by atomic mass is 16.9. The zero-order valence-corrected chi connectivity index (χ0v) is 5.24. The Balaban J connectivity index is 0. The van der Waals surface area contributed by atoms with Crippen LogP contribution in [0, 0.1) is 15.3 Å². The molecule has 5 nitrogen and oxygen atoms in total. The summed E-state index contributed by atoms with van der Waals surface area (Å²) in [5.41, 5.74) is 0. The van der Waals surface area contributed by atoms with Crippen LogP contribution in [-0.2, 0) is 0 Å². The minimum absolute atomic E-state index is 0.344. The number of aliphatic hydroxyl groups is 1. The first kappa shape index (κ1) is 11.0. The van der Waals surface area contributed by atoms with Gasteiger partial charge in [0.25, 0.3) is 0 Å². The maximum atomic E-state index is 8.25. The number of aliphatic hydroxyl groups excluding tert-OH is 1. The van der Waals surface area contributed by atoms with Gasteiger partial charge in [-0.05, 0) is 6.42 Å². The number of nitrogens with zero attached hydrogens (tertiary/aromatic N) is 1. The summed E-state index contributed by atoms with van der Waals surface area (Å²) in [6, 6.07) is 0. The fourth-order valence-corrected chi connectivity index (χ4v) is 0.158. The monoisotopic (exact) mass is 136 g/mol. The third-order valence-electron chi connectivity index (χ3n) is 0.512. The van der Waals surface area contributed by atoms with Crippen LogP contribution in [0.5, 0.6) is 0 Å². The van der Waals surface area contributed by atoms with Crippen molar-refractivity contribution in [3.8, 4) is 0 Å². The minimum Gasteiger partial charge on any atom is -0.396 e. The van der Waals surface area contributed by atoms with Crippen molar-refractivity contribution in [1.82, 2.24) is 0 Å². The predicted octanol–water partition coefficient (Wildman–Crippen LogP) is 0.540. The first-order valence-corrected chi connectivity index (χ1v) is 2.57. The standard InChI is InChI=1S/C4H10O.NO3/c1-2-3-4-5;2-1(3)4/h5H,2-4H2,1H3;/q;-1. The molecule has 0 saturated heterocycles. The Bertz CT molecular complexity index is 59.6. The van der Waals surface area contributed by atoms with E-state index in [1.54, 1.807) is 0 Å². The smallest absolute Gasteiger partial charge is 0.0689 e. The molecule has 0 aliphatic carbocycles. The van der Waals surface area contributed by atoms with Crippen molar-refractivity contribution in [3.63, 3.8) is 0 Å². The Hall–Kier alpha value is -0.840. The highest BCUT2D eigenvalue weighted by Crippen LogP contribution is 1.78. The summed E-state index contributed by atoms with van der Waals surface area (Å²) in [7, 11) is 0. The Morgan fingerprint density at radius 2 is 1.89 bits per heavy atom. The lowest BCUT2D eigenvalue weighted by atomic mass is 10.4. The maximum absolute atomic E-state index is 8.25. The van der Waals surface area contributed by atoms with Gasteiger partial charge in [0, 0.05) is 6.61 Å². The van der Waals surface area contributed by atoms with E-state index in [0.29, 0.717) is 6.61 Å². The second-order valence-electron chi connectivity index (χ2n) is 1.30. The normalized spacial score (nSPS) is 7.33. The Morgan fingerprint density at radius 1 is 1.56 bits per heavy atom. The Labute approximate surface area is 53.0 Å². The van der Waals surface area contributed by atoms with Crippen LogP contribution in [0.1, 0.15) is 19.8 Å². The molecule has 0 aliphatic rings. The van der Waals surface area contributed by atoms with Crippen LogP contribution in [0.3, 0.4) is 0 Å². The van der Waals surface area contributed by atoms with Crippen molar-refractivity contribution in [3.05, 3.63) is 15.3 Å². The second-order valence-corrected chi connectivity index (χ2v) is 1.30. The van der Waals surface area contributed by atoms with Gasteiger partial charge in [0.2, 0.25) is 0 Å². The van der Waals surface area contributed by atoms with E-state index in [0.717, 1.165) is 12.8 Å². The third kappa shape index (κ3) is 142. The lowest BCUT2D eigenvalue weighted by molar-refractivity contribution is -0.402. The average Bonchev–Trinajstić information content (AvgIpc) is 1.66. The van der Waals surface area contributed by atoms with Gasteiger partial charge in [-0.1, -0.05) is 13.3 Å². The molecule has 0 aliphatic heterocycles. The van der Waals surface area contributed by atoms with Crippen LogP contribution in [0.4, 0.5) is 0 Å². The molecule has 0 radical (unpaired) electrons. The molecule has 0 atom stereocenters.